The van der Waals surface area contributed by atoms with Gasteiger partial charge < -0.3 is 10.4 Å². The minimum atomic E-state index is -0.195. The van der Waals surface area contributed by atoms with Crippen molar-refractivity contribution in [1.29, 1.82) is 0 Å². The molecule has 0 aromatic heterocycles. The molecular weight excluding hydrogens is 226 g/mol. The highest BCUT2D eigenvalue weighted by atomic mass is 16.3. The number of carbonyl (C=O) groups excluding carboxylic acids is 1. The van der Waals surface area contributed by atoms with Crippen molar-refractivity contribution in [2.24, 2.45) is 5.92 Å². The van der Waals surface area contributed by atoms with Crippen LogP contribution in [-0.2, 0) is 11.2 Å². The average Bonchev–Trinajstić information content (AvgIpc) is 2.39. The first kappa shape index (κ1) is 14.7. The number of nitrogens with one attached hydrogen (secondary N) is 1. The van der Waals surface area contributed by atoms with Gasteiger partial charge in [0.15, 0.2) is 0 Å². The molecule has 1 aromatic carbocycles. The Morgan fingerprint density at radius 2 is 2.00 bits per heavy atom. The molecule has 0 aliphatic carbocycles. The van der Waals surface area contributed by atoms with Crippen LogP contribution in [0.1, 0.15) is 32.3 Å². The van der Waals surface area contributed by atoms with Gasteiger partial charge in [-0.05, 0) is 18.4 Å². The second kappa shape index (κ2) is 7.88. The van der Waals surface area contributed by atoms with Crippen LogP contribution in [0, 0.1) is 5.92 Å². The van der Waals surface area contributed by atoms with E-state index in [-0.39, 0.29) is 24.5 Å². The van der Waals surface area contributed by atoms with E-state index in [0.717, 1.165) is 18.4 Å². The monoisotopic (exact) mass is 249 g/mol. The summed E-state index contributed by atoms with van der Waals surface area (Å²) < 4.78 is 0. The van der Waals surface area contributed by atoms with Gasteiger partial charge in [-0.1, -0.05) is 50.6 Å². The molecule has 0 spiro atoms. The van der Waals surface area contributed by atoms with Crippen molar-refractivity contribution in [2.45, 2.75) is 39.2 Å². The first-order valence-corrected chi connectivity index (χ1v) is 6.62. The number of hydrogen-bond acceptors (Lipinski definition) is 2. The molecule has 0 bridgehead atoms. The molecular formula is C15H23NO2. The fraction of sp³-hybridized carbons (Fsp3) is 0.533. The van der Waals surface area contributed by atoms with E-state index in [4.69, 9.17) is 0 Å². The lowest BCUT2D eigenvalue weighted by atomic mass is 10.0. The third-order valence-corrected chi connectivity index (χ3v) is 3.06. The van der Waals surface area contributed by atoms with Gasteiger partial charge in [-0.15, -0.1) is 0 Å². The zero-order valence-electron chi connectivity index (χ0n) is 11.2. The number of aliphatic hydroxyl groups excluding tert-OH is 1. The molecule has 1 rings (SSSR count). The van der Waals surface area contributed by atoms with Crippen LogP contribution in [-0.4, -0.2) is 23.7 Å². The Labute approximate surface area is 109 Å². The topological polar surface area (TPSA) is 49.3 Å². The fourth-order valence-corrected chi connectivity index (χ4v) is 1.97. The van der Waals surface area contributed by atoms with Crippen molar-refractivity contribution in [1.82, 2.24) is 5.32 Å². The number of aliphatic hydroxyl groups is 1. The molecule has 0 aliphatic rings. The van der Waals surface area contributed by atoms with Gasteiger partial charge in [-0.3, -0.25) is 4.79 Å². The highest BCUT2D eigenvalue weighted by molar-refractivity contribution is 5.78. The van der Waals surface area contributed by atoms with Crippen LogP contribution in [0.15, 0.2) is 30.3 Å². The summed E-state index contributed by atoms with van der Waals surface area (Å²) in [7, 11) is 0. The van der Waals surface area contributed by atoms with E-state index >= 15 is 0 Å². The molecule has 0 fully saturated rings. The summed E-state index contributed by atoms with van der Waals surface area (Å²) in [5.74, 6) is 0.0478. The van der Waals surface area contributed by atoms with E-state index in [9.17, 15) is 9.90 Å². The van der Waals surface area contributed by atoms with Crippen molar-refractivity contribution in [3.8, 4) is 0 Å². The molecule has 1 aromatic rings. The zero-order chi connectivity index (χ0) is 13.4. The van der Waals surface area contributed by atoms with Crippen molar-refractivity contribution in [2.75, 3.05) is 6.61 Å². The normalized spacial score (nSPS) is 13.9. The molecule has 0 heterocycles. The molecule has 0 saturated carbocycles. The molecule has 3 heteroatoms. The predicted octanol–water partition coefficient (Wildman–Crippen LogP) is 2.14. The van der Waals surface area contributed by atoms with Crippen molar-refractivity contribution in [3.63, 3.8) is 0 Å². The van der Waals surface area contributed by atoms with Crippen LogP contribution in [0.3, 0.4) is 0 Å². The molecule has 3 nitrogen and oxygen atoms in total. The third-order valence-electron chi connectivity index (χ3n) is 3.06. The largest absolute Gasteiger partial charge is 0.394 e. The Balaban J connectivity index is 2.49. The van der Waals surface area contributed by atoms with E-state index in [1.165, 1.54) is 0 Å². The second-order valence-electron chi connectivity index (χ2n) is 4.77. The van der Waals surface area contributed by atoms with Gasteiger partial charge in [0, 0.05) is 5.92 Å². The number of rotatable bonds is 7. The van der Waals surface area contributed by atoms with E-state index in [1.807, 2.05) is 37.3 Å². The third kappa shape index (κ3) is 4.88. The molecule has 100 valence electrons. The van der Waals surface area contributed by atoms with E-state index in [2.05, 4.69) is 12.2 Å². The SMILES string of the molecule is CCCC(C)C(=O)NC(CO)Cc1ccccc1. The maximum atomic E-state index is 11.9. The quantitative estimate of drug-likeness (QED) is 0.778. The fourth-order valence-electron chi connectivity index (χ4n) is 1.97. The lowest BCUT2D eigenvalue weighted by Crippen LogP contribution is -2.41. The summed E-state index contributed by atoms with van der Waals surface area (Å²) in [4.78, 5) is 11.9. The standard InChI is InChI=1S/C15H23NO2/c1-3-7-12(2)15(18)16-14(11-17)10-13-8-5-4-6-9-13/h4-6,8-9,12,14,17H,3,7,10-11H2,1-2H3,(H,16,18). The summed E-state index contributed by atoms with van der Waals surface area (Å²) in [6.07, 6.45) is 2.55. The summed E-state index contributed by atoms with van der Waals surface area (Å²) in [5, 5.41) is 12.2. The number of hydrogen-bond donors (Lipinski definition) is 2. The number of amides is 1. The first-order chi connectivity index (χ1) is 8.67. The Morgan fingerprint density at radius 3 is 2.56 bits per heavy atom. The van der Waals surface area contributed by atoms with Crippen molar-refractivity contribution in [3.05, 3.63) is 35.9 Å². The smallest absolute Gasteiger partial charge is 0.223 e. The lowest BCUT2D eigenvalue weighted by Gasteiger charge is -2.19. The van der Waals surface area contributed by atoms with Gasteiger partial charge in [0.1, 0.15) is 0 Å². The molecule has 0 aliphatic heterocycles. The molecule has 0 radical (unpaired) electrons. The van der Waals surface area contributed by atoms with Crippen LogP contribution in [0.2, 0.25) is 0 Å². The predicted molar refractivity (Wildman–Crippen MR) is 73.2 cm³/mol. The highest BCUT2D eigenvalue weighted by Crippen LogP contribution is 2.07. The van der Waals surface area contributed by atoms with Gasteiger partial charge in [-0.25, -0.2) is 0 Å². The number of carbonyl (C=O) groups is 1. The molecule has 2 unspecified atom stereocenters. The first-order valence-electron chi connectivity index (χ1n) is 6.62. The van der Waals surface area contributed by atoms with E-state index < -0.39 is 0 Å². The Morgan fingerprint density at radius 1 is 1.33 bits per heavy atom. The van der Waals surface area contributed by atoms with Gasteiger partial charge in [0.2, 0.25) is 5.91 Å². The lowest BCUT2D eigenvalue weighted by molar-refractivity contribution is -0.125. The molecule has 1 amide bonds. The number of benzene rings is 1. The Bertz CT molecular complexity index is 351. The molecule has 2 N–H and O–H groups in total. The highest BCUT2D eigenvalue weighted by Gasteiger charge is 2.16. The molecule has 0 saturated heterocycles. The van der Waals surface area contributed by atoms with Crippen molar-refractivity contribution >= 4 is 5.91 Å². The van der Waals surface area contributed by atoms with E-state index in [1.54, 1.807) is 0 Å². The summed E-state index contributed by atoms with van der Waals surface area (Å²) in [5.41, 5.74) is 1.12. The van der Waals surface area contributed by atoms with Gasteiger partial charge in [0.05, 0.1) is 12.6 Å². The summed E-state index contributed by atoms with van der Waals surface area (Å²) >= 11 is 0. The second-order valence-corrected chi connectivity index (χ2v) is 4.77. The van der Waals surface area contributed by atoms with Gasteiger partial charge in [0.25, 0.3) is 0 Å². The molecule has 18 heavy (non-hydrogen) atoms. The maximum absolute atomic E-state index is 11.9. The van der Waals surface area contributed by atoms with Crippen LogP contribution in [0.5, 0.6) is 0 Å². The zero-order valence-corrected chi connectivity index (χ0v) is 11.2. The van der Waals surface area contributed by atoms with Crippen molar-refractivity contribution < 1.29 is 9.90 Å². The minimum Gasteiger partial charge on any atom is -0.394 e. The Hall–Kier alpha value is -1.35. The maximum Gasteiger partial charge on any atom is 0.223 e. The van der Waals surface area contributed by atoms with Crippen LogP contribution in [0.25, 0.3) is 0 Å². The summed E-state index contributed by atoms with van der Waals surface area (Å²) in [6, 6.07) is 9.70. The van der Waals surface area contributed by atoms with Crippen LogP contribution in [0.4, 0.5) is 0 Å². The van der Waals surface area contributed by atoms with Crippen LogP contribution >= 0.6 is 0 Å². The van der Waals surface area contributed by atoms with E-state index in [0.29, 0.717) is 6.42 Å². The molecule has 2 atom stereocenters. The van der Waals surface area contributed by atoms with Crippen LogP contribution < -0.4 is 5.32 Å². The average molecular weight is 249 g/mol. The Kier molecular flexibility index (Phi) is 6.44. The minimum absolute atomic E-state index is 0.0137. The van der Waals surface area contributed by atoms with Gasteiger partial charge >= 0.3 is 0 Å². The van der Waals surface area contributed by atoms with Gasteiger partial charge in [-0.2, -0.15) is 0 Å². The summed E-state index contributed by atoms with van der Waals surface area (Å²) in [6.45, 7) is 3.96.